The van der Waals surface area contributed by atoms with E-state index in [9.17, 15) is 4.39 Å². The predicted molar refractivity (Wildman–Crippen MR) is 70.5 cm³/mol. The maximum atomic E-state index is 14.9. The zero-order valence-corrected chi connectivity index (χ0v) is 11.3. The summed E-state index contributed by atoms with van der Waals surface area (Å²) in [6.45, 7) is 3.32. The zero-order valence-electron chi connectivity index (χ0n) is 9.77. The van der Waals surface area contributed by atoms with Gasteiger partial charge in [0.25, 0.3) is 0 Å². The molecule has 0 bridgehead atoms. The van der Waals surface area contributed by atoms with Gasteiger partial charge in [0.05, 0.1) is 10.0 Å². The summed E-state index contributed by atoms with van der Waals surface area (Å²) in [5.41, 5.74) is -0.748. The number of alkyl halides is 1. The summed E-state index contributed by atoms with van der Waals surface area (Å²) < 4.78 is 14.9. The van der Waals surface area contributed by atoms with Crippen LogP contribution in [0.1, 0.15) is 25.3 Å². The molecule has 1 aromatic carbocycles. The quantitative estimate of drug-likeness (QED) is 0.854. The third kappa shape index (κ3) is 2.75. The van der Waals surface area contributed by atoms with E-state index in [1.807, 2.05) is 0 Å². The number of rotatable bonds is 2. The maximum absolute atomic E-state index is 14.9. The molecule has 4 heteroatoms. The van der Waals surface area contributed by atoms with Crippen molar-refractivity contribution < 1.29 is 4.39 Å². The van der Waals surface area contributed by atoms with Crippen molar-refractivity contribution in [3.8, 4) is 0 Å². The van der Waals surface area contributed by atoms with Gasteiger partial charge in [-0.2, -0.15) is 0 Å². The van der Waals surface area contributed by atoms with Gasteiger partial charge < -0.3 is 5.32 Å². The van der Waals surface area contributed by atoms with Gasteiger partial charge in [0, 0.05) is 12.5 Å². The van der Waals surface area contributed by atoms with Crippen molar-refractivity contribution in [2.75, 3.05) is 13.1 Å². The van der Waals surface area contributed by atoms with E-state index in [2.05, 4.69) is 5.32 Å². The van der Waals surface area contributed by atoms with Crippen molar-refractivity contribution >= 4 is 23.2 Å². The molecule has 1 aliphatic rings. The molecule has 0 radical (unpaired) electrons. The molecule has 0 amide bonds. The average Bonchev–Trinajstić information content (AvgIpc) is 2.33. The van der Waals surface area contributed by atoms with E-state index in [0.29, 0.717) is 22.2 Å². The number of nitrogens with one attached hydrogen (secondary N) is 1. The van der Waals surface area contributed by atoms with E-state index in [-0.39, 0.29) is 5.92 Å². The van der Waals surface area contributed by atoms with Crippen LogP contribution in [0.15, 0.2) is 18.2 Å². The number of halogens is 3. The summed E-state index contributed by atoms with van der Waals surface area (Å²) in [4.78, 5) is 0. The molecule has 2 rings (SSSR count). The van der Waals surface area contributed by atoms with E-state index >= 15 is 0 Å². The zero-order chi connectivity index (χ0) is 12.5. The molecule has 0 aliphatic carbocycles. The van der Waals surface area contributed by atoms with Gasteiger partial charge in [-0.3, -0.25) is 0 Å². The summed E-state index contributed by atoms with van der Waals surface area (Å²) in [5.74, 6) is -0.00603. The Morgan fingerprint density at radius 3 is 2.71 bits per heavy atom. The Hall–Kier alpha value is -0.310. The van der Waals surface area contributed by atoms with E-state index < -0.39 is 5.67 Å². The molecule has 17 heavy (non-hydrogen) atoms. The summed E-state index contributed by atoms with van der Waals surface area (Å²) in [6.07, 6.45) is 1.92. The minimum absolute atomic E-state index is 0.00603. The molecule has 1 heterocycles. The molecule has 0 spiro atoms. The van der Waals surface area contributed by atoms with E-state index in [1.165, 1.54) is 0 Å². The predicted octanol–water partition coefficient (Wildman–Crippen LogP) is 4.18. The number of piperidine rings is 1. The highest BCUT2D eigenvalue weighted by Crippen LogP contribution is 2.39. The normalized spacial score (nSPS) is 24.4. The molecule has 2 unspecified atom stereocenters. The molecule has 1 aromatic rings. The van der Waals surface area contributed by atoms with Gasteiger partial charge in [0.15, 0.2) is 0 Å². The minimum Gasteiger partial charge on any atom is -0.316 e. The monoisotopic (exact) mass is 275 g/mol. The molecule has 1 saturated heterocycles. The fourth-order valence-corrected chi connectivity index (χ4v) is 2.65. The second-order valence-corrected chi connectivity index (χ2v) is 5.56. The SMILES string of the molecule is CC(F)(c1ccc(Cl)c(Cl)c1)C1CCCNC1. The molecule has 1 aliphatic heterocycles. The largest absolute Gasteiger partial charge is 0.316 e. The molecule has 2 atom stereocenters. The van der Waals surface area contributed by atoms with Crippen molar-refractivity contribution in [3.63, 3.8) is 0 Å². The van der Waals surface area contributed by atoms with Crippen LogP contribution in [0.2, 0.25) is 10.0 Å². The molecular formula is C13H16Cl2FN. The van der Waals surface area contributed by atoms with Crippen LogP contribution in [0, 0.1) is 5.92 Å². The number of benzene rings is 1. The molecule has 1 N–H and O–H groups in total. The summed E-state index contributed by atoms with van der Waals surface area (Å²) in [7, 11) is 0. The van der Waals surface area contributed by atoms with Gasteiger partial charge >= 0.3 is 0 Å². The Kier molecular flexibility index (Phi) is 3.96. The lowest BCUT2D eigenvalue weighted by molar-refractivity contribution is 0.0812. The van der Waals surface area contributed by atoms with E-state index in [4.69, 9.17) is 23.2 Å². The van der Waals surface area contributed by atoms with E-state index in [1.54, 1.807) is 25.1 Å². The first-order valence-electron chi connectivity index (χ1n) is 5.87. The number of hydrogen-bond donors (Lipinski definition) is 1. The highest BCUT2D eigenvalue weighted by molar-refractivity contribution is 6.42. The van der Waals surface area contributed by atoms with Crippen molar-refractivity contribution in [1.82, 2.24) is 5.32 Å². The summed E-state index contributed by atoms with van der Waals surface area (Å²) in [6, 6.07) is 5.02. The van der Waals surface area contributed by atoms with Gasteiger partial charge in [-0.1, -0.05) is 29.3 Å². The lowest BCUT2D eigenvalue weighted by Gasteiger charge is -2.34. The first-order valence-corrected chi connectivity index (χ1v) is 6.62. The molecular weight excluding hydrogens is 260 g/mol. The average molecular weight is 276 g/mol. The lowest BCUT2D eigenvalue weighted by Crippen LogP contribution is -2.39. The van der Waals surface area contributed by atoms with Crippen LogP contribution >= 0.6 is 23.2 Å². The topological polar surface area (TPSA) is 12.0 Å². The third-order valence-corrected chi connectivity index (χ3v) is 4.29. The van der Waals surface area contributed by atoms with Crippen molar-refractivity contribution in [2.24, 2.45) is 5.92 Å². The van der Waals surface area contributed by atoms with Gasteiger partial charge in [-0.15, -0.1) is 0 Å². The van der Waals surface area contributed by atoms with Crippen molar-refractivity contribution in [2.45, 2.75) is 25.4 Å². The van der Waals surface area contributed by atoms with Crippen LogP contribution < -0.4 is 5.32 Å². The van der Waals surface area contributed by atoms with Gasteiger partial charge in [-0.05, 0) is 44.0 Å². The Morgan fingerprint density at radius 2 is 2.12 bits per heavy atom. The standard InChI is InChI=1S/C13H16Cl2FN/c1-13(16,10-3-2-6-17-8-10)9-4-5-11(14)12(15)7-9/h4-5,7,10,17H,2-3,6,8H2,1H3. The Labute approximate surface area is 111 Å². The molecule has 0 aromatic heterocycles. The van der Waals surface area contributed by atoms with Crippen molar-refractivity contribution in [3.05, 3.63) is 33.8 Å². The second-order valence-electron chi connectivity index (χ2n) is 4.75. The van der Waals surface area contributed by atoms with Gasteiger partial charge in [0.1, 0.15) is 5.67 Å². The smallest absolute Gasteiger partial charge is 0.137 e. The maximum Gasteiger partial charge on any atom is 0.137 e. The van der Waals surface area contributed by atoms with Crippen LogP contribution in [0.4, 0.5) is 4.39 Å². The lowest BCUT2D eigenvalue weighted by atomic mass is 9.80. The third-order valence-electron chi connectivity index (χ3n) is 3.55. The molecule has 1 fully saturated rings. The fraction of sp³-hybridized carbons (Fsp3) is 0.538. The van der Waals surface area contributed by atoms with Crippen LogP contribution in [0.25, 0.3) is 0 Å². The summed E-state index contributed by atoms with van der Waals surface area (Å²) >= 11 is 11.8. The van der Waals surface area contributed by atoms with Crippen molar-refractivity contribution in [1.29, 1.82) is 0 Å². The highest BCUT2D eigenvalue weighted by atomic mass is 35.5. The molecule has 0 saturated carbocycles. The van der Waals surface area contributed by atoms with E-state index in [0.717, 1.165) is 19.4 Å². The van der Waals surface area contributed by atoms with Gasteiger partial charge in [0.2, 0.25) is 0 Å². The van der Waals surface area contributed by atoms with Crippen LogP contribution in [0.5, 0.6) is 0 Å². The van der Waals surface area contributed by atoms with Crippen LogP contribution in [0.3, 0.4) is 0 Å². The van der Waals surface area contributed by atoms with Crippen LogP contribution in [-0.2, 0) is 5.67 Å². The summed E-state index contributed by atoms with van der Waals surface area (Å²) in [5, 5.41) is 4.12. The molecule has 1 nitrogen and oxygen atoms in total. The van der Waals surface area contributed by atoms with Crippen LogP contribution in [-0.4, -0.2) is 13.1 Å². The Bertz CT molecular complexity index is 400. The first-order chi connectivity index (χ1) is 8.01. The number of hydrogen-bond acceptors (Lipinski definition) is 1. The minimum atomic E-state index is -1.36. The Morgan fingerprint density at radius 1 is 1.35 bits per heavy atom. The van der Waals surface area contributed by atoms with Gasteiger partial charge in [-0.25, -0.2) is 4.39 Å². The first kappa shape index (κ1) is 13.1. The fourth-order valence-electron chi connectivity index (χ4n) is 2.35. The molecule has 94 valence electrons. The Balaban J connectivity index is 2.26. The highest BCUT2D eigenvalue weighted by Gasteiger charge is 2.36. The second kappa shape index (κ2) is 5.13.